The van der Waals surface area contributed by atoms with Crippen molar-refractivity contribution in [3.05, 3.63) is 17.2 Å². The molecule has 0 saturated carbocycles. The summed E-state index contributed by atoms with van der Waals surface area (Å²) in [6.07, 6.45) is -3.26. The Labute approximate surface area is 109 Å². The van der Waals surface area contributed by atoms with Crippen LogP contribution < -0.4 is 5.32 Å². The number of ether oxygens (including phenoxy) is 1. The summed E-state index contributed by atoms with van der Waals surface area (Å²) in [6.45, 7) is 3.72. The van der Waals surface area contributed by atoms with Gasteiger partial charge in [-0.3, -0.25) is 0 Å². The van der Waals surface area contributed by atoms with Crippen LogP contribution in [0.4, 0.5) is 13.2 Å². The summed E-state index contributed by atoms with van der Waals surface area (Å²) < 4.78 is 46.3. The van der Waals surface area contributed by atoms with Gasteiger partial charge in [0.25, 0.3) is 0 Å². The van der Waals surface area contributed by atoms with E-state index in [1.807, 2.05) is 6.92 Å². The first-order chi connectivity index (χ1) is 8.92. The van der Waals surface area contributed by atoms with Crippen LogP contribution >= 0.6 is 0 Å². The molecule has 0 aromatic carbocycles. The Hall–Kier alpha value is -1.08. The lowest BCUT2D eigenvalue weighted by molar-refractivity contribution is -0.149. The highest BCUT2D eigenvalue weighted by molar-refractivity contribution is 5.24. The molecule has 3 heterocycles. The summed E-state index contributed by atoms with van der Waals surface area (Å²) in [5.41, 5.74) is 0.591. The van der Waals surface area contributed by atoms with Gasteiger partial charge in [0.1, 0.15) is 0 Å². The minimum Gasteiger partial charge on any atom is -0.379 e. The van der Waals surface area contributed by atoms with Crippen LogP contribution in [-0.2, 0) is 29.4 Å². The maximum atomic E-state index is 13.2. The van der Waals surface area contributed by atoms with Crippen LogP contribution in [-0.4, -0.2) is 29.3 Å². The summed E-state index contributed by atoms with van der Waals surface area (Å²) >= 11 is 0. The van der Waals surface area contributed by atoms with Crippen LogP contribution in [0, 0.1) is 0 Å². The molecular formula is C12H16F3N3O. The van der Waals surface area contributed by atoms with Gasteiger partial charge < -0.3 is 14.6 Å². The van der Waals surface area contributed by atoms with Gasteiger partial charge in [0, 0.05) is 31.8 Å². The van der Waals surface area contributed by atoms with E-state index in [0.29, 0.717) is 50.5 Å². The zero-order valence-electron chi connectivity index (χ0n) is 10.7. The molecule has 2 aliphatic rings. The molecule has 0 radical (unpaired) electrons. The maximum absolute atomic E-state index is 13.2. The third-order valence-corrected chi connectivity index (χ3v) is 3.88. The maximum Gasteiger partial charge on any atom is 0.449 e. The molecular weight excluding hydrogens is 259 g/mol. The van der Waals surface area contributed by atoms with Gasteiger partial charge in [-0.1, -0.05) is 0 Å². The Morgan fingerprint density at radius 1 is 1.42 bits per heavy atom. The number of hydrogen-bond donors (Lipinski definition) is 1. The molecule has 1 aromatic heterocycles. The summed E-state index contributed by atoms with van der Waals surface area (Å²) in [7, 11) is 0. The number of nitrogens with zero attached hydrogens (tertiary/aromatic N) is 2. The normalized spacial score (nSPS) is 27.6. The molecule has 19 heavy (non-hydrogen) atoms. The molecule has 0 amide bonds. The lowest BCUT2D eigenvalue weighted by Crippen LogP contribution is -2.37. The molecule has 1 aromatic rings. The number of imidazole rings is 1. The Bertz CT molecular complexity index is 489. The fourth-order valence-corrected chi connectivity index (χ4v) is 2.91. The third-order valence-electron chi connectivity index (χ3n) is 3.88. The van der Waals surface area contributed by atoms with Crippen molar-refractivity contribution in [3.63, 3.8) is 0 Å². The van der Waals surface area contributed by atoms with E-state index in [1.54, 1.807) is 0 Å². The molecule has 7 heteroatoms. The molecule has 0 aliphatic carbocycles. The molecule has 1 N–H and O–H groups in total. The van der Waals surface area contributed by atoms with E-state index in [4.69, 9.17) is 4.74 Å². The second kappa shape index (κ2) is 4.21. The van der Waals surface area contributed by atoms with E-state index < -0.39 is 17.5 Å². The van der Waals surface area contributed by atoms with E-state index in [0.717, 1.165) is 0 Å². The fraction of sp³-hybridized carbons (Fsp3) is 0.750. The Morgan fingerprint density at radius 3 is 2.84 bits per heavy atom. The Kier molecular flexibility index (Phi) is 2.86. The number of hydrogen-bond acceptors (Lipinski definition) is 3. The van der Waals surface area contributed by atoms with Crippen molar-refractivity contribution in [1.29, 1.82) is 0 Å². The molecule has 0 spiro atoms. The lowest BCUT2D eigenvalue weighted by Gasteiger charge is -2.30. The minimum atomic E-state index is -4.43. The van der Waals surface area contributed by atoms with Crippen molar-refractivity contribution < 1.29 is 17.9 Å². The van der Waals surface area contributed by atoms with Crippen molar-refractivity contribution >= 4 is 0 Å². The predicted octanol–water partition coefficient (Wildman–Crippen LogP) is 1.68. The fourth-order valence-electron chi connectivity index (χ4n) is 2.91. The van der Waals surface area contributed by atoms with Crippen molar-refractivity contribution in [1.82, 2.24) is 14.9 Å². The number of fused-ring (bicyclic) bond motifs is 1. The quantitative estimate of drug-likeness (QED) is 0.847. The van der Waals surface area contributed by atoms with E-state index in [1.165, 1.54) is 4.57 Å². The largest absolute Gasteiger partial charge is 0.449 e. The minimum absolute atomic E-state index is 0.312. The molecule has 1 atom stereocenters. The lowest BCUT2D eigenvalue weighted by atomic mass is 9.99. The average molecular weight is 275 g/mol. The predicted molar refractivity (Wildman–Crippen MR) is 61.7 cm³/mol. The second-order valence-electron chi connectivity index (χ2n) is 5.39. The smallest absolute Gasteiger partial charge is 0.379 e. The van der Waals surface area contributed by atoms with Crippen LogP contribution in [0.25, 0.3) is 0 Å². The zero-order chi connectivity index (χ0) is 13.7. The van der Waals surface area contributed by atoms with Gasteiger partial charge >= 0.3 is 6.18 Å². The van der Waals surface area contributed by atoms with E-state index in [2.05, 4.69) is 10.3 Å². The monoisotopic (exact) mass is 275 g/mol. The second-order valence-corrected chi connectivity index (χ2v) is 5.39. The SMILES string of the molecule is CC1(n2c(C(F)(F)F)nc3c2CCNC3)CCOC1. The third kappa shape index (κ3) is 2.04. The van der Waals surface area contributed by atoms with Gasteiger partial charge in [-0.2, -0.15) is 13.2 Å². The van der Waals surface area contributed by atoms with Gasteiger partial charge in [-0.25, -0.2) is 4.98 Å². The number of alkyl halides is 3. The zero-order valence-corrected chi connectivity index (χ0v) is 10.7. The Morgan fingerprint density at radius 2 is 2.21 bits per heavy atom. The number of aromatic nitrogens is 2. The van der Waals surface area contributed by atoms with Gasteiger partial charge in [-0.05, 0) is 13.3 Å². The van der Waals surface area contributed by atoms with Gasteiger partial charge in [0.05, 0.1) is 17.8 Å². The number of rotatable bonds is 1. The standard InChI is InChI=1S/C12H16F3N3O/c1-11(3-5-19-7-11)18-9-2-4-16-6-8(9)17-10(18)12(13,14)15/h16H,2-7H2,1H3. The molecule has 4 nitrogen and oxygen atoms in total. The molecule has 0 bridgehead atoms. The van der Waals surface area contributed by atoms with E-state index >= 15 is 0 Å². The van der Waals surface area contributed by atoms with Crippen molar-refractivity contribution in [2.45, 2.75) is 38.0 Å². The first-order valence-electron chi connectivity index (χ1n) is 6.38. The topological polar surface area (TPSA) is 39.1 Å². The van der Waals surface area contributed by atoms with Crippen molar-refractivity contribution in [3.8, 4) is 0 Å². The Balaban J connectivity index is 2.17. The molecule has 1 saturated heterocycles. The number of halogens is 3. The van der Waals surface area contributed by atoms with Gasteiger partial charge in [0.2, 0.25) is 5.82 Å². The summed E-state index contributed by atoms with van der Waals surface area (Å²) in [4.78, 5) is 3.83. The van der Waals surface area contributed by atoms with Crippen LogP contribution in [0.1, 0.15) is 30.6 Å². The van der Waals surface area contributed by atoms with Crippen LogP contribution in [0.15, 0.2) is 0 Å². The highest BCUT2D eigenvalue weighted by Gasteiger charge is 2.45. The van der Waals surface area contributed by atoms with Crippen LogP contribution in [0.2, 0.25) is 0 Å². The molecule has 1 fully saturated rings. The van der Waals surface area contributed by atoms with Crippen LogP contribution in [0.5, 0.6) is 0 Å². The molecule has 1 unspecified atom stereocenters. The van der Waals surface area contributed by atoms with E-state index in [-0.39, 0.29) is 0 Å². The number of nitrogens with one attached hydrogen (secondary N) is 1. The molecule has 106 valence electrons. The summed E-state index contributed by atoms with van der Waals surface area (Å²) in [5, 5.41) is 3.06. The summed E-state index contributed by atoms with van der Waals surface area (Å²) in [5.74, 6) is -0.783. The molecule has 3 rings (SSSR count). The van der Waals surface area contributed by atoms with Gasteiger partial charge in [0.15, 0.2) is 0 Å². The highest BCUT2D eigenvalue weighted by Crippen LogP contribution is 2.38. The highest BCUT2D eigenvalue weighted by atomic mass is 19.4. The first kappa shape index (κ1) is 12.9. The van der Waals surface area contributed by atoms with Crippen molar-refractivity contribution in [2.75, 3.05) is 19.8 Å². The van der Waals surface area contributed by atoms with Crippen LogP contribution in [0.3, 0.4) is 0 Å². The summed E-state index contributed by atoms with van der Waals surface area (Å²) in [6, 6.07) is 0. The van der Waals surface area contributed by atoms with Crippen molar-refractivity contribution in [2.24, 2.45) is 0 Å². The van der Waals surface area contributed by atoms with Gasteiger partial charge in [-0.15, -0.1) is 0 Å². The molecule has 2 aliphatic heterocycles. The van der Waals surface area contributed by atoms with E-state index in [9.17, 15) is 13.2 Å². The first-order valence-corrected chi connectivity index (χ1v) is 6.38. The average Bonchev–Trinajstić information content (AvgIpc) is 2.92.